The van der Waals surface area contributed by atoms with Gasteiger partial charge in [-0.3, -0.25) is 0 Å². The van der Waals surface area contributed by atoms with E-state index < -0.39 is 0 Å². The van der Waals surface area contributed by atoms with E-state index in [-0.39, 0.29) is 5.60 Å². The summed E-state index contributed by atoms with van der Waals surface area (Å²) in [6.07, 6.45) is 0. The third kappa shape index (κ3) is 1.46. The highest BCUT2D eigenvalue weighted by molar-refractivity contribution is 9.10. The normalized spacial score (nSPS) is 25.8. The van der Waals surface area contributed by atoms with Gasteiger partial charge in [0.05, 0.1) is 13.7 Å². The minimum absolute atomic E-state index is 0.147. The number of halogens is 1. The van der Waals surface area contributed by atoms with Crippen LogP contribution in [-0.4, -0.2) is 13.7 Å². The molecule has 2 rings (SSSR count). The molecule has 13 heavy (non-hydrogen) atoms. The van der Waals surface area contributed by atoms with Gasteiger partial charge in [-0.1, -0.05) is 22.0 Å². The van der Waals surface area contributed by atoms with E-state index in [1.807, 2.05) is 18.2 Å². The number of hydrogen-bond acceptors (Lipinski definition) is 2. The van der Waals surface area contributed by atoms with Gasteiger partial charge in [-0.15, -0.1) is 0 Å². The molecule has 0 aliphatic carbocycles. The maximum Gasteiger partial charge on any atom is 0.126 e. The van der Waals surface area contributed by atoms with Crippen LogP contribution in [0.1, 0.15) is 12.5 Å². The first-order valence-electron chi connectivity index (χ1n) is 4.14. The van der Waals surface area contributed by atoms with Crippen molar-refractivity contribution in [1.29, 1.82) is 0 Å². The minimum atomic E-state index is -0.147. The summed E-state index contributed by atoms with van der Waals surface area (Å²) in [5, 5.41) is 0. The van der Waals surface area contributed by atoms with Crippen LogP contribution in [0.2, 0.25) is 0 Å². The van der Waals surface area contributed by atoms with E-state index in [1.54, 1.807) is 7.11 Å². The van der Waals surface area contributed by atoms with Gasteiger partial charge >= 0.3 is 0 Å². The van der Waals surface area contributed by atoms with E-state index in [9.17, 15) is 0 Å². The predicted molar refractivity (Wildman–Crippen MR) is 54.0 cm³/mol. The molecule has 1 fully saturated rings. The summed E-state index contributed by atoms with van der Waals surface area (Å²) in [5.74, 6) is 0.884. The average Bonchev–Trinajstić information content (AvgIpc) is 2.84. The van der Waals surface area contributed by atoms with Gasteiger partial charge in [0.15, 0.2) is 0 Å². The van der Waals surface area contributed by atoms with Gasteiger partial charge in [0, 0.05) is 10.0 Å². The third-order valence-electron chi connectivity index (χ3n) is 2.30. The summed E-state index contributed by atoms with van der Waals surface area (Å²) >= 11 is 3.50. The SMILES string of the molecule is COc1cccc(Br)c1C1(C)CO1. The number of hydrogen-bond donors (Lipinski definition) is 0. The van der Waals surface area contributed by atoms with Crippen LogP contribution < -0.4 is 4.74 Å². The number of epoxide rings is 1. The fourth-order valence-electron chi connectivity index (χ4n) is 1.44. The predicted octanol–water partition coefficient (Wildman–Crippen LogP) is 2.70. The van der Waals surface area contributed by atoms with E-state index in [2.05, 4.69) is 22.9 Å². The monoisotopic (exact) mass is 242 g/mol. The molecule has 3 heteroatoms. The molecule has 1 atom stereocenters. The van der Waals surface area contributed by atoms with Crippen molar-refractivity contribution in [2.75, 3.05) is 13.7 Å². The van der Waals surface area contributed by atoms with Crippen molar-refractivity contribution in [3.8, 4) is 5.75 Å². The first kappa shape index (κ1) is 9.03. The van der Waals surface area contributed by atoms with Crippen molar-refractivity contribution in [2.45, 2.75) is 12.5 Å². The van der Waals surface area contributed by atoms with Gasteiger partial charge in [0.1, 0.15) is 11.4 Å². The van der Waals surface area contributed by atoms with Crippen molar-refractivity contribution >= 4 is 15.9 Å². The Bertz CT molecular complexity index is 332. The fourth-order valence-corrected chi connectivity index (χ4v) is 2.21. The molecule has 1 heterocycles. The molecule has 70 valence electrons. The van der Waals surface area contributed by atoms with Crippen LogP contribution in [0.4, 0.5) is 0 Å². The Morgan fingerprint density at radius 3 is 2.77 bits per heavy atom. The van der Waals surface area contributed by atoms with Crippen molar-refractivity contribution in [3.05, 3.63) is 28.2 Å². The van der Waals surface area contributed by atoms with E-state index in [0.29, 0.717) is 0 Å². The quantitative estimate of drug-likeness (QED) is 0.745. The molecular weight excluding hydrogens is 232 g/mol. The molecule has 2 nitrogen and oxygen atoms in total. The second-order valence-electron chi connectivity index (χ2n) is 3.34. The van der Waals surface area contributed by atoms with Crippen LogP contribution in [0.15, 0.2) is 22.7 Å². The van der Waals surface area contributed by atoms with Gasteiger partial charge in [0.2, 0.25) is 0 Å². The van der Waals surface area contributed by atoms with Gasteiger partial charge in [-0.2, -0.15) is 0 Å². The van der Waals surface area contributed by atoms with Gasteiger partial charge in [0.25, 0.3) is 0 Å². The zero-order chi connectivity index (χ0) is 9.47. The van der Waals surface area contributed by atoms with Crippen LogP contribution >= 0.6 is 15.9 Å². The summed E-state index contributed by atoms with van der Waals surface area (Å²) in [4.78, 5) is 0. The van der Waals surface area contributed by atoms with E-state index in [0.717, 1.165) is 22.4 Å². The largest absolute Gasteiger partial charge is 0.496 e. The number of rotatable bonds is 2. The zero-order valence-corrected chi connectivity index (χ0v) is 9.22. The van der Waals surface area contributed by atoms with Crippen LogP contribution in [0.3, 0.4) is 0 Å². The molecule has 0 radical (unpaired) electrons. The van der Waals surface area contributed by atoms with Crippen molar-refractivity contribution in [2.24, 2.45) is 0 Å². The van der Waals surface area contributed by atoms with Crippen LogP contribution in [0.5, 0.6) is 5.75 Å². The lowest BCUT2D eigenvalue weighted by molar-refractivity contribution is 0.315. The molecule has 0 bridgehead atoms. The molecule has 0 spiro atoms. The standard InChI is InChI=1S/C10H11BrO2/c1-10(6-13-10)9-7(11)4-3-5-8(9)12-2/h3-5H,6H2,1-2H3. The Kier molecular flexibility index (Phi) is 2.08. The summed E-state index contributed by atoms with van der Waals surface area (Å²) in [5.41, 5.74) is 0.961. The second kappa shape index (κ2) is 3.00. The Labute approximate surface area is 86.0 Å². The molecule has 1 saturated heterocycles. The van der Waals surface area contributed by atoms with Gasteiger partial charge in [-0.05, 0) is 19.1 Å². The highest BCUT2D eigenvalue weighted by Crippen LogP contribution is 2.46. The Hall–Kier alpha value is -0.540. The smallest absolute Gasteiger partial charge is 0.126 e. The molecule has 0 amide bonds. The number of benzene rings is 1. The van der Waals surface area contributed by atoms with E-state index in [1.165, 1.54) is 0 Å². The maximum atomic E-state index is 5.40. The molecule has 1 aromatic carbocycles. The van der Waals surface area contributed by atoms with Crippen LogP contribution in [0, 0.1) is 0 Å². The third-order valence-corrected chi connectivity index (χ3v) is 2.96. The van der Waals surface area contributed by atoms with Gasteiger partial charge < -0.3 is 9.47 Å². The number of methoxy groups -OCH3 is 1. The fraction of sp³-hybridized carbons (Fsp3) is 0.400. The molecule has 0 N–H and O–H groups in total. The van der Waals surface area contributed by atoms with Crippen molar-refractivity contribution in [3.63, 3.8) is 0 Å². The van der Waals surface area contributed by atoms with E-state index in [4.69, 9.17) is 9.47 Å². The van der Waals surface area contributed by atoms with E-state index >= 15 is 0 Å². The maximum absolute atomic E-state index is 5.40. The summed E-state index contributed by atoms with van der Waals surface area (Å²) in [7, 11) is 1.68. The molecule has 0 saturated carbocycles. The van der Waals surface area contributed by atoms with Crippen molar-refractivity contribution < 1.29 is 9.47 Å². The number of ether oxygens (including phenoxy) is 2. The lowest BCUT2D eigenvalue weighted by Gasteiger charge is -2.13. The molecule has 1 unspecified atom stereocenters. The van der Waals surface area contributed by atoms with Gasteiger partial charge in [-0.25, -0.2) is 0 Å². The van der Waals surface area contributed by atoms with Crippen molar-refractivity contribution in [1.82, 2.24) is 0 Å². The first-order valence-corrected chi connectivity index (χ1v) is 4.93. The van der Waals surface area contributed by atoms with Crippen LogP contribution in [-0.2, 0) is 10.3 Å². The Balaban J connectivity index is 2.52. The lowest BCUT2D eigenvalue weighted by atomic mass is 10.0. The zero-order valence-electron chi connectivity index (χ0n) is 7.63. The Morgan fingerprint density at radius 1 is 1.54 bits per heavy atom. The summed E-state index contributed by atoms with van der Waals surface area (Å²) < 4.78 is 11.7. The molecule has 1 aliphatic heterocycles. The first-order chi connectivity index (χ1) is 6.17. The average molecular weight is 243 g/mol. The summed E-state index contributed by atoms with van der Waals surface area (Å²) in [6.45, 7) is 2.83. The molecule has 1 aromatic rings. The molecule has 1 aliphatic rings. The summed E-state index contributed by atoms with van der Waals surface area (Å²) in [6, 6.07) is 5.91. The Morgan fingerprint density at radius 2 is 2.23 bits per heavy atom. The highest BCUT2D eigenvalue weighted by atomic mass is 79.9. The lowest BCUT2D eigenvalue weighted by Crippen LogP contribution is -2.05. The molecule has 0 aromatic heterocycles. The van der Waals surface area contributed by atoms with Crippen LogP contribution in [0.25, 0.3) is 0 Å². The minimum Gasteiger partial charge on any atom is -0.496 e. The highest BCUT2D eigenvalue weighted by Gasteiger charge is 2.44. The second-order valence-corrected chi connectivity index (χ2v) is 4.19. The molecular formula is C10H11BrO2. The topological polar surface area (TPSA) is 21.8 Å².